The van der Waals surface area contributed by atoms with Crippen LogP contribution >= 0.6 is 0 Å². The minimum atomic E-state index is -0.631. The number of nitrogens with zero attached hydrogens (tertiary/aromatic N) is 1. The molecule has 3 aliphatic heterocycles. The molecule has 0 bridgehead atoms. The largest absolute Gasteiger partial charge is 0.488 e. The van der Waals surface area contributed by atoms with Crippen LogP contribution in [0.3, 0.4) is 0 Å². The Bertz CT molecular complexity index is 1040. The van der Waals surface area contributed by atoms with Gasteiger partial charge in [0.1, 0.15) is 24.5 Å². The van der Waals surface area contributed by atoms with Gasteiger partial charge in [-0.3, -0.25) is 4.79 Å². The van der Waals surface area contributed by atoms with E-state index in [2.05, 4.69) is 41.0 Å². The number of carbonyl (C=O) groups is 1. The third kappa shape index (κ3) is 4.35. The van der Waals surface area contributed by atoms with Crippen molar-refractivity contribution < 1.29 is 19.0 Å². The highest BCUT2D eigenvalue weighted by Gasteiger charge is 2.26. The summed E-state index contributed by atoms with van der Waals surface area (Å²) in [7, 11) is 0. The predicted molar refractivity (Wildman–Crippen MR) is 118 cm³/mol. The summed E-state index contributed by atoms with van der Waals surface area (Å²) in [5.41, 5.74) is 5.68. The van der Waals surface area contributed by atoms with Crippen LogP contribution in [0.2, 0.25) is 0 Å². The van der Waals surface area contributed by atoms with E-state index in [1.807, 2.05) is 12.1 Å². The van der Waals surface area contributed by atoms with Gasteiger partial charge >= 0.3 is 0 Å². The van der Waals surface area contributed by atoms with Crippen molar-refractivity contribution in [2.45, 2.75) is 37.5 Å². The van der Waals surface area contributed by atoms with Gasteiger partial charge in [0.25, 0.3) is 5.91 Å². The fourth-order valence-electron chi connectivity index (χ4n) is 4.36. The normalized spacial score (nSPS) is 21.0. The van der Waals surface area contributed by atoms with Gasteiger partial charge in [-0.2, -0.15) is 5.26 Å². The molecule has 2 aromatic carbocycles. The molecule has 0 unspecified atom stereocenters. The van der Waals surface area contributed by atoms with Crippen LogP contribution in [-0.4, -0.2) is 51.0 Å². The Hall–Kier alpha value is -2.92. The highest BCUT2D eigenvalue weighted by Crippen LogP contribution is 2.40. The van der Waals surface area contributed by atoms with Crippen LogP contribution in [-0.2, 0) is 27.3 Å². The number of ether oxygens (including phenoxy) is 3. The Morgan fingerprint density at radius 1 is 1.22 bits per heavy atom. The molecule has 7 nitrogen and oxygen atoms in total. The van der Waals surface area contributed by atoms with E-state index in [0.717, 1.165) is 43.1 Å². The van der Waals surface area contributed by atoms with E-state index in [-0.39, 0.29) is 5.91 Å². The molecule has 7 heteroatoms. The zero-order valence-corrected chi connectivity index (χ0v) is 17.9. The van der Waals surface area contributed by atoms with Crippen molar-refractivity contribution in [2.24, 2.45) is 0 Å². The van der Waals surface area contributed by atoms with E-state index in [0.29, 0.717) is 32.1 Å². The van der Waals surface area contributed by atoms with Crippen LogP contribution in [0.5, 0.6) is 5.75 Å². The van der Waals surface area contributed by atoms with Gasteiger partial charge < -0.3 is 24.8 Å². The lowest BCUT2D eigenvalue weighted by molar-refractivity contribution is -0.132. The molecule has 2 aromatic rings. The van der Waals surface area contributed by atoms with Crippen molar-refractivity contribution in [3.63, 3.8) is 0 Å². The van der Waals surface area contributed by atoms with Crippen LogP contribution in [0, 0.1) is 11.3 Å². The molecule has 3 aliphatic rings. The molecule has 0 saturated carbocycles. The Morgan fingerprint density at radius 2 is 2.12 bits per heavy atom. The number of rotatable bonds is 5. The van der Waals surface area contributed by atoms with Crippen LogP contribution < -0.4 is 15.4 Å². The monoisotopic (exact) mass is 433 g/mol. The van der Waals surface area contributed by atoms with Crippen LogP contribution in [0.1, 0.15) is 29.0 Å². The van der Waals surface area contributed by atoms with Gasteiger partial charge in [0.15, 0.2) is 0 Å². The standard InChI is InChI=1S/C25H27N3O4/c26-11-20(28-25(29)24-12-27-6-1-7-31-24)8-16-2-5-21-22-10-17(19-13-30-14-19)3-4-18(22)15-32-23(21)9-16/h2-5,9-10,19-20,24,27H,1,6-8,12-15H2,(H,28,29)/t20-,24-/m0/s1. The molecule has 0 radical (unpaired) electrons. The molecule has 166 valence electrons. The summed E-state index contributed by atoms with van der Waals surface area (Å²) in [6.07, 6.45) is 0.720. The number of amides is 1. The van der Waals surface area contributed by atoms with Gasteiger partial charge in [0, 0.05) is 31.1 Å². The van der Waals surface area contributed by atoms with Crippen molar-refractivity contribution in [1.82, 2.24) is 10.6 Å². The van der Waals surface area contributed by atoms with Crippen molar-refractivity contribution >= 4 is 5.91 Å². The maximum absolute atomic E-state index is 12.5. The first-order valence-corrected chi connectivity index (χ1v) is 11.2. The third-order valence-corrected chi connectivity index (χ3v) is 6.31. The molecule has 3 heterocycles. The average Bonchev–Trinajstić information content (AvgIpc) is 3.07. The molecule has 2 saturated heterocycles. The van der Waals surface area contributed by atoms with Crippen LogP contribution in [0.25, 0.3) is 11.1 Å². The number of benzene rings is 2. The summed E-state index contributed by atoms with van der Waals surface area (Å²) < 4.78 is 17.0. The number of hydrogen-bond donors (Lipinski definition) is 2. The summed E-state index contributed by atoms with van der Waals surface area (Å²) in [6, 6.07) is 14.2. The first-order valence-electron chi connectivity index (χ1n) is 11.2. The lowest BCUT2D eigenvalue weighted by atomic mass is 9.89. The van der Waals surface area contributed by atoms with Gasteiger partial charge in [-0.05, 0) is 41.3 Å². The van der Waals surface area contributed by atoms with E-state index >= 15 is 0 Å². The van der Waals surface area contributed by atoms with E-state index in [1.54, 1.807) is 0 Å². The van der Waals surface area contributed by atoms with Crippen molar-refractivity contribution in [1.29, 1.82) is 5.26 Å². The Labute approximate surface area is 187 Å². The summed E-state index contributed by atoms with van der Waals surface area (Å²) in [6.45, 7) is 3.93. The quantitative estimate of drug-likeness (QED) is 0.752. The SMILES string of the molecule is N#C[C@H](Cc1ccc2c(c1)OCc1ccc(C3COC3)cc1-2)NC(=O)[C@@H]1CNCCCO1. The van der Waals surface area contributed by atoms with Gasteiger partial charge in [-0.25, -0.2) is 0 Å². The smallest absolute Gasteiger partial charge is 0.251 e. The van der Waals surface area contributed by atoms with Crippen molar-refractivity contribution in [2.75, 3.05) is 32.9 Å². The molecular formula is C25H27N3O4. The van der Waals surface area contributed by atoms with E-state index in [1.165, 1.54) is 16.7 Å². The number of nitrogens with one attached hydrogen (secondary N) is 2. The van der Waals surface area contributed by atoms with Crippen LogP contribution in [0.4, 0.5) is 0 Å². The topological polar surface area (TPSA) is 92.6 Å². The Morgan fingerprint density at radius 3 is 2.94 bits per heavy atom. The van der Waals surface area contributed by atoms with E-state index < -0.39 is 12.1 Å². The average molecular weight is 434 g/mol. The zero-order valence-electron chi connectivity index (χ0n) is 17.9. The highest BCUT2D eigenvalue weighted by atomic mass is 16.5. The fourth-order valence-corrected chi connectivity index (χ4v) is 4.36. The molecule has 1 amide bonds. The Kier molecular flexibility index (Phi) is 6.08. The predicted octanol–water partition coefficient (Wildman–Crippen LogP) is 2.29. The second-order valence-electron chi connectivity index (χ2n) is 8.58. The second kappa shape index (κ2) is 9.29. The second-order valence-corrected chi connectivity index (χ2v) is 8.58. The zero-order chi connectivity index (χ0) is 21.9. The number of carbonyl (C=O) groups excluding carboxylic acids is 1. The maximum atomic E-state index is 12.5. The van der Waals surface area contributed by atoms with Crippen LogP contribution in [0.15, 0.2) is 36.4 Å². The molecule has 2 N–H and O–H groups in total. The molecule has 0 spiro atoms. The van der Waals surface area contributed by atoms with Crippen molar-refractivity contribution in [3.8, 4) is 22.9 Å². The summed E-state index contributed by atoms with van der Waals surface area (Å²) in [5, 5.41) is 15.6. The fraction of sp³-hybridized carbons (Fsp3) is 0.440. The number of fused-ring (bicyclic) bond motifs is 3. The number of hydrogen-bond acceptors (Lipinski definition) is 6. The minimum absolute atomic E-state index is 0.249. The molecule has 2 atom stereocenters. The Balaban J connectivity index is 1.29. The first-order chi connectivity index (χ1) is 15.7. The lowest BCUT2D eigenvalue weighted by Gasteiger charge is -2.28. The summed E-state index contributed by atoms with van der Waals surface area (Å²) >= 11 is 0. The van der Waals surface area contributed by atoms with E-state index in [9.17, 15) is 10.1 Å². The van der Waals surface area contributed by atoms with Gasteiger partial charge in [-0.15, -0.1) is 0 Å². The minimum Gasteiger partial charge on any atom is -0.488 e. The maximum Gasteiger partial charge on any atom is 0.251 e. The molecule has 0 aliphatic carbocycles. The van der Waals surface area contributed by atoms with Gasteiger partial charge in [-0.1, -0.05) is 30.3 Å². The van der Waals surface area contributed by atoms with Gasteiger partial charge in [0.2, 0.25) is 0 Å². The molecule has 5 rings (SSSR count). The highest BCUT2D eigenvalue weighted by molar-refractivity contribution is 5.81. The lowest BCUT2D eigenvalue weighted by Crippen LogP contribution is -2.46. The molecular weight excluding hydrogens is 406 g/mol. The van der Waals surface area contributed by atoms with E-state index in [4.69, 9.17) is 14.2 Å². The van der Waals surface area contributed by atoms with Crippen molar-refractivity contribution in [3.05, 3.63) is 53.1 Å². The van der Waals surface area contributed by atoms with Gasteiger partial charge in [0.05, 0.1) is 19.3 Å². The third-order valence-electron chi connectivity index (χ3n) is 6.31. The summed E-state index contributed by atoms with van der Waals surface area (Å²) in [5.74, 6) is 1.04. The first kappa shape index (κ1) is 21.0. The number of nitriles is 1. The molecule has 2 fully saturated rings. The molecule has 32 heavy (non-hydrogen) atoms. The molecule has 0 aromatic heterocycles. The summed E-state index contributed by atoms with van der Waals surface area (Å²) in [4.78, 5) is 12.5.